The first-order chi connectivity index (χ1) is 5.54. The SMILES string of the molecule is C/C=C\C(=O)[O-].C/C=C\C(=O)[O-].[Ca+2]. The molecule has 0 bridgehead atoms. The van der Waals surface area contributed by atoms with Gasteiger partial charge in [0.05, 0.1) is 11.9 Å². The van der Waals surface area contributed by atoms with Crippen LogP contribution in [0.4, 0.5) is 0 Å². The van der Waals surface area contributed by atoms with Crippen LogP contribution in [0.2, 0.25) is 0 Å². The van der Waals surface area contributed by atoms with E-state index in [9.17, 15) is 19.8 Å². The Morgan fingerprint density at radius 1 is 0.923 bits per heavy atom. The van der Waals surface area contributed by atoms with E-state index >= 15 is 0 Å². The fraction of sp³-hybridized carbons (Fsp3) is 0.250. The van der Waals surface area contributed by atoms with Crippen molar-refractivity contribution in [3.05, 3.63) is 24.3 Å². The zero-order valence-electron chi connectivity index (χ0n) is 7.65. The number of carboxylic acids is 2. The summed E-state index contributed by atoms with van der Waals surface area (Å²) >= 11 is 0. The summed E-state index contributed by atoms with van der Waals surface area (Å²) in [4.78, 5) is 18.8. The molecular weight excluding hydrogens is 200 g/mol. The van der Waals surface area contributed by atoms with Gasteiger partial charge in [-0.2, -0.15) is 0 Å². The summed E-state index contributed by atoms with van der Waals surface area (Å²) in [5.41, 5.74) is 0. The van der Waals surface area contributed by atoms with E-state index in [1.807, 2.05) is 0 Å². The molecule has 0 fully saturated rings. The third kappa shape index (κ3) is 33.9. The number of rotatable bonds is 2. The molecule has 0 aromatic rings. The molecule has 0 aliphatic heterocycles. The van der Waals surface area contributed by atoms with Gasteiger partial charge in [0.2, 0.25) is 0 Å². The molecule has 0 amide bonds. The Balaban J connectivity index is -0.000000143. The van der Waals surface area contributed by atoms with Crippen LogP contribution in [0.5, 0.6) is 0 Å². The molecule has 0 aliphatic carbocycles. The van der Waals surface area contributed by atoms with Gasteiger partial charge in [0.25, 0.3) is 0 Å². The Kier molecular flexibility index (Phi) is 20.2. The van der Waals surface area contributed by atoms with Gasteiger partial charge < -0.3 is 19.8 Å². The van der Waals surface area contributed by atoms with Crippen molar-refractivity contribution in [3.63, 3.8) is 0 Å². The minimum atomic E-state index is -1.14. The smallest absolute Gasteiger partial charge is 0.545 e. The van der Waals surface area contributed by atoms with Crippen molar-refractivity contribution in [1.82, 2.24) is 0 Å². The number of carboxylic acid groups (broad SMARTS) is 2. The molecule has 0 aromatic heterocycles. The number of aliphatic carboxylic acids is 2. The van der Waals surface area contributed by atoms with Crippen molar-refractivity contribution in [2.24, 2.45) is 0 Å². The first-order valence-electron chi connectivity index (χ1n) is 3.22. The van der Waals surface area contributed by atoms with Gasteiger partial charge in [-0.05, 0) is 26.0 Å². The quantitative estimate of drug-likeness (QED) is 0.399. The molecule has 0 radical (unpaired) electrons. The molecule has 0 aromatic carbocycles. The summed E-state index contributed by atoms with van der Waals surface area (Å²) in [7, 11) is 0. The average molecular weight is 210 g/mol. The van der Waals surface area contributed by atoms with Crippen molar-refractivity contribution in [2.45, 2.75) is 13.8 Å². The van der Waals surface area contributed by atoms with Crippen molar-refractivity contribution >= 4 is 49.7 Å². The molecule has 0 saturated heterocycles. The second-order valence-electron chi connectivity index (χ2n) is 1.64. The number of carbonyl (C=O) groups is 2. The summed E-state index contributed by atoms with van der Waals surface area (Å²) in [5, 5.41) is 18.8. The van der Waals surface area contributed by atoms with Gasteiger partial charge in [0, 0.05) is 0 Å². The Labute approximate surface area is 107 Å². The normalized spacial score (nSPS) is 8.77. The molecule has 13 heavy (non-hydrogen) atoms. The molecule has 0 saturated carbocycles. The van der Waals surface area contributed by atoms with Crippen LogP contribution >= 0.6 is 0 Å². The molecular formula is C8H10CaO4. The maximum Gasteiger partial charge on any atom is 2.00 e. The van der Waals surface area contributed by atoms with Crippen molar-refractivity contribution in [1.29, 1.82) is 0 Å². The van der Waals surface area contributed by atoms with Gasteiger partial charge in [0.1, 0.15) is 0 Å². The summed E-state index contributed by atoms with van der Waals surface area (Å²) in [5.74, 6) is -2.28. The van der Waals surface area contributed by atoms with Crippen LogP contribution in [-0.2, 0) is 9.59 Å². The summed E-state index contributed by atoms with van der Waals surface area (Å²) in [6.45, 7) is 3.24. The number of carbonyl (C=O) groups excluding carboxylic acids is 2. The molecule has 0 heterocycles. The number of hydrogen-bond acceptors (Lipinski definition) is 4. The average Bonchev–Trinajstić information content (AvgIpc) is 1.87. The van der Waals surface area contributed by atoms with E-state index in [1.165, 1.54) is 12.2 Å². The number of allylic oxidation sites excluding steroid dienone is 2. The Hall–Kier alpha value is -0.320. The third-order valence-electron chi connectivity index (χ3n) is 0.605. The molecule has 0 rings (SSSR count). The van der Waals surface area contributed by atoms with Crippen LogP contribution in [0.15, 0.2) is 24.3 Å². The number of hydrogen-bond donors (Lipinski definition) is 0. The van der Waals surface area contributed by atoms with E-state index in [-0.39, 0.29) is 37.7 Å². The molecule has 0 atom stereocenters. The molecule has 4 nitrogen and oxygen atoms in total. The molecule has 0 N–H and O–H groups in total. The first kappa shape index (κ1) is 18.5. The zero-order chi connectivity index (χ0) is 9.98. The van der Waals surface area contributed by atoms with E-state index < -0.39 is 11.9 Å². The van der Waals surface area contributed by atoms with Crippen LogP contribution in [0.3, 0.4) is 0 Å². The molecule has 0 unspecified atom stereocenters. The van der Waals surface area contributed by atoms with Crippen LogP contribution in [-0.4, -0.2) is 49.7 Å². The predicted molar refractivity (Wildman–Crippen MR) is 45.4 cm³/mol. The minimum Gasteiger partial charge on any atom is -0.545 e. The van der Waals surface area contributed by atoms with Gasteiger partial charge in [-0.25, -0.2) is 0 Å². The fourth-order valence-corrected chi connectivity index (χ4v) is 0.272. The van der Waals surface area contributed by atoms with E-state index in [0.717, 1.165) is 12.2 Å². The zero-order valence-corrected chi connectivity index (χ0v) is 9.86. The Morgan fingerprint density at radius 3 is 1.15 bits per heavy atom. The van der Waals surface area contributed by atoms with Crippen LogP contribution < -0.4 is 10.2 Å². The largest absolute Gasteiger partial charge is 2.00 e. The first-order valence-corrected chi connectivity index (χ1v) is 3.22. The molecule has 0 spiro atoms. The van der Waals surface area contributed by atoms with E-state index in [2.05, 4.69) is 0 Å². The summed E-state index contributed by atoms with van der Waals surface area (Å²) in [6, 6.07) is 0. The standard InChI is InChI=1S/2C4H6O2.Ca/c2*1-2-3-4(5)6;/h2*2-3H,1H3,(H,5,6);/q;;+2/p-2/b2*3-2-;. The van der Waals surface area contributed by atoms with Gasteiger partial charge >= 0.3 is 37.7 Å². The van der Waals surface area contributed by atoms with E-state index in [0.29, 0.717) is 0 Å². The Bertz CT molecular complexity index is 174. The third-order valence-corrected chi connectivity index (χ3v) is 0.605. The Morgan fingerprint density at radius 2 is 1.15 bits per heavy atom. The van der Waals surface area contributed by atoms with Gasteiger partial charge in [-0.3, -0.25) is 0 Å². The minimum absolute atomic E-state index is 0. The van der Waals surface area contributed by atoms with Crippen LogP contribution in [0, 0.1) is 0 Å². The maximum atomic E-state index is 9.40. The van der Waals surface area contributed by atoms with Gasteiger partial charge in [0.15, 0.2) is 0 Å². The van der Waals surface area contributed by atoms with Gasteiger partial charge in [-0.15, -0.1) is 0 Å². The monoisotopic (exact) mass is 210 g/mol. The maximum absolute atomic E-state index is 9.40. The molecule has 68 valence electrons. The topological polar surface area (TPSA) is 80.3 Å². The van der Waals surface area contributed by atoms with Gasteiger partial charge in [-0.1, -0.05) is 12.2 Å². The van der Waals surface area contributed by atoms with Crippen molar-refractivity contribution in [3.8, 4) is 0 Å². The second kappa shape index (κ2) is 14.2. The van der Waals surface area contributed by atoms with E-state index in [4.69, 9.17) is 0 Å². The summed E-state index contributed by atoms with van der Waals surface area (Å²) < 4.78 is 0. The van der Waals surface area contributed by atoms with Crippen molar-refractivity contribution < 1.29 is 19.8 Å². The fourth-order valence-electron chi connectivity index (χ4n) is 0.272. The second-order valence-corrected chi connectivity index (χ2v) is 1.64. The molecule has 0 aliphatic rings. The predicted octanol–water partition coefficient (Wildman–Crippen LogP) is -1.76. The van der Waals surface area contributed by atoms with Crippen LogP contribution in [0.25, 0.3) is 0 Å². The molecule has 5 heteroatoms. The van der Waals surface area contributed by atoms with Crippen LogP contribution in [0.1, 0.15) is 13.8 Å². The van der Waals surface area contributed by atoms with Crippen molar-refractivity contribution in [2.75, 3.05) is 0 Å². The van der Waals surface area contributed by atoms with E-state index in [1.54, 1.807) is 13.8 Å². The summed E-state index contributed by atoms with van der Waals surface area (Å²) in [6.07, 6.45) is 4.77.